The Morgan fingerprint density at radius 2 is 1.89 bits per heavy atom. The monoisotopic (exact) mass is 363 g/mol. The molecule has 1 amide bonds. The maximum Gasteiger partial charge on any atom is 0.271 e. The summed E-state index contributed by atoms with van der Waals surface area (Å²) in [6.45, 7) is 6.17. The number of carbonyl (C=O) groups excluding carboxylic acids is 1. The van der Waals surface area contributed by atoms with Crippen molar-refractivity contribution in [3.05, 3.63) is 88.5 Å². The molecule has 0 aliphatic heterocycles. The lowest BCUT2D eigenvalue weighted by Gasteiger charge is -2.10. The molecular formula is C22H22FN3O. The molecule has 1 heterocycles. The fourth-order valence-corrected chi connectivity index (χ4v) is 3.05. The summed E-state index contributed by atoms with van der Waals surface area (Å²) < 4.78 is 15.4. The first kappa shape index (κ1) is 18.6. The molecule has 3 rings (SSSR count). The van der Waals surface area contributed by atoms with Gasteiger partial charge in [0.2, 0.25) is 0 Å². The van der Waals surface area contributed by atoms with E-state index >= 15 is 0 Å². The zero-order chi connectivity index (χ0) is 19.4. The lowest BCUT2D eigenvalue weighted by molar-refractivity contribution is 0.0954. The van der Waals surface area contributed by atoms with Gasteiger partial charge in [0.15, 0.2) is 0 Å². The first-order chi connectivity index (χ1) is 13.0. The quantitative estimate of drug-likeness (QED) is 0.524. The lowest BCUT2D eigenvalue weighted by atomic mass is 10.1. The van der Waals surface area contributed by atoms with Gasteiger partial charge < -0.3 is 4.57 Å². The Balaban J connectivity index is 1.77. The summed E-state index contributed by atoms with van der Waals surface area (Å²) in [6, 6.07) is 16.0. The molecule has 27 heavy (non-hydrogen) atoms. The minimum absolute atomic E-state index is 0.230. The smallest absolute Gasteiger partial charge is 0.271 e. The second-order valence-electron chi connectivity index (χ2n) is 6.39. The largest absolute Gasteiger partial charge is 0.318 e. The summed E-state index contributed by atoms with van der Waals surface area (Å²) in [5.41, 5.74) is 8.07. The van der Waals surface area contributed by atoms with Gasteiger partial charge in [-0.25, -0.2) is 9.82 Å². The van der Waals surface area contributed by atoms with Crippen LogP contribution in [0.4, 0.5) is 4.39 Å². The number of nitrogens with zero attached hydrogens (tertiary/aromatic N) is 2. The van der Waals surface area contributed by atoms with E-state index in [2.05, 4.69) is 46.3 Å². The highest BCUT2D eigenvalue weighted by molar-refractivity contribution is 5.95. The SMILES string of the molecule is CCc1ccc(-n2c(C)cc(/C=N\NC(=O)c3cccc(F)c3)c2C)cc1. The van der Waals surface area contributed by atoms with Gasteiger partial charge >= 0.3 is 0 Å². The standard InChI is InChI=1S/C22H22FN3O/c1-4-17-8-10-21(11-9-17)26-15(2)12-19(16(26)3)14-24-25-22(27)18-6-5-7-20(23)13-18/h5-14H,4H2,1-3H3,(H,25,27)/b24-14-. The zero-order valence-corrected chi connectivity index (χ0v) is 15.7. The van der Waals surface area contributed by atoms with Crippen molar-refractivity contribution < 1.29 is 9.18 Å². The van der Waals surface area contributed by atoms with E-state index in [0.29, 0.717) is 0 Å². The van der Waals surface area contributed by atoms with Gasteiger partial charge in [-0.05, 0) is 62.2 Å². The van der Waals surface area contributed by atoms with Crippen molar-refractivity contribution in [1.29, 1.82) is 0 Å². The van der Waals surface area contributed by atoms with Gasteiger partial charge in [-0.3, -0.25) is 4.79 Å². The van der Waals surface area contributed by atoms with Crippen molar-refractivity contribution in [3.8, 4) is 5.69 Å². The second-order valence-corrected chi connectivity index (χ2v) is 6.39. The number of benzene rings is 2. The molecular weight excluding hydrogens is 341 g/mol. The highest BCUT2D eigenvalue weighted by Gasteiger charge is 2.10. The van der Waals surface area contributed by atoms with Crippen molar-refractivity contribution in [1.82, 2.24) is 9.99 Å². The van der Waals surface area contributed by atoms with Crippen LogP contribution in [0.2, 0.25) is 0 Å². The molecule has 2 aromatic carbocycles. The fourth-order valence-electron chi connectivity index (χ4n) is 3.05. The summed E-state index contributed by atoms with van der Waals surface area (Å²) >= 11 is 0. The van der Waals surface area contributed by atoms with Crippen LogP contribution in [-0.4, -0.2) is 16.7 Å². The minimum Gasteiger partial charge on any atom is -0.318 e. The second kappa shape index (κ2) is 7.99. The van der Waals surface area contributed by atoms with Gasteiger partial charge in [0.25, 0.3) is 5.91 Å². The molecule has 3 aromatic rings. The maximum absolute atomic E-state index is 13.2. The van der Waals surface area contributed by atoms with E-state index < -0.39 is 11.7 Å². The van der Waals surface area contributed by atoms with Crippen LogP contribution in [0, 0.1) is 19.7 Å². The van der Waals surface area contributed by atoms with E-state index in [1.165, 1.54) is 23.8 Å². The molecule has 0 saturated carbocycles. The van der Waals surface area contributed by atoms with E-state index in [0.717, 1.165) is 29.1 Å². The molecule has 0 aliphatic rings. The number of nitrogens with one attached hydrogen (secondary N) is 1. The Morgan fingerprint density at radius 3 is 2.56 bits per heavy atom. The van der Waals surface area contributed by atoms with Gasteiger partial charge in [0.1, 0.15) is 5.82 Å². The van der Waals surface area contributed by atoms with Crippen LogP contribution in [0.25, 0.3) is 5.69 Å². The number of amides is 1. The molecule has 5 heteroatoms. The van der Waals surface area contributed by atoms with E-state index in [1.54, 1.807) is 12.3 Å². The molecule has 1 aromatic heterocycles. The summed E-state index contributed by atoms with van der Waals surface area (Å²) in [7, 11) is 0. The molecule has 0 fully saturated rings. The molecule has 0 saturated heterocycles. The van der Waals surface area contributed by atoms with Crippen LogP contribution in [0.1, 0.15) is 39.8 Å². The number of aromatic nitrogens is 1. The van der Waals surface area contributed by atoms with Crippen molar-refractivity contribution in [3.63, 3.8) is 0 Å². The Labute approximate surface area is 158 Å². The molecule has 0 radical (unpaired) electrons. The van der Waals surface area contributed by atoms with Crippen LogP contribution in [0.15, 0.2) is 59.7 Å². The Kier molecular flexibility index (Phi) is 5.50. The van der Waals surface area contributed by atoms with Gasteiger partial charge in [-0.2, -0.15) is 5.10 Å². The number of carbonyl (C=O) groups is 1. The number of hydrogen-bond donors (Lipinski definition) is 1. The van der Waals surface area contributed by atoms with E-state index in [4.69, 9.17) is 0 Å². The van der Waals surface area contributed by atoms with Gasteiger partial charge in [0, 0.05) is 28.2 Å². The lowest BCUT2D eigenvalue weighted by Crippen LogP contribution is -2.17. The van der Waals surface area contributed by atoms with E-state index in [1.807, 2.05) is 19.9 Å². The van der Waals surface area contributed by atoms with Crippen molar-refractivity contribution in [2.24, 2.45) is 5.10 Å². The van der Waals surface area contributed by atoms with Crippen LogP contribution in [0.3, 0.4) is 0 Å². The summed E-state index contributed by atoms with van der Waals surface area (Å²) in [5.74, 6) is -0.904. The third kappa shape index (κ3) is 4.14. The van der Waals surface area contributed by atoms with Gasteiger partial charge in [-0.15, -0.1) is 0 Å². The average molecular weight is 363 g/mol. The number of hydrazone groups is 1. The Hall–Kier alpha value is -3.21. The first-order valence-electron chi connectivity index (χ1n) is 8.87. The predicted octanol–water partition coefficient (Wildman–Crippen LogP) is 4.56. The average Bonchev–Trinajstić information content (AvgIpc) is 2.95. The predicted molar refractivity (Wildman–Crippen MR) is 106 cm³/mol. The zero-order valence-electron chi connectivity index (χ0n) is 15.7. The fraction of sp³-hybridized carbons (Fsp3) is 0.182. The molecule has 138 valence electrons. The van der Waals surface area contributed by atoms with Crippen molar-refractivity contribution >= 4 is 12.1 Å². The van der Waals surface area contributed by atoms with Crippen LogP contribution >= 0.6 is 0 Å². The first-order valence-corrected chi connectivity index (χ1v) is 8.87. The number of aryl methyl sites for hydroxylation is 2. The molecule has 4 nitrogen and oxygen atoms in total. The van der Waals surface area contributed by atoms with Crippen LogP contribution in [0.5, 0.6) is 0 Å². The van der Waals surface area contributed by atoms with Crippen molar-refractivity contribution in [2.45, 2.75) is 27.2 Å². The van der Waals surface area contributed by atoms with Gasteiger partial charge in [0.05, 0.1) is 6.21 Å². The summed E-state index contributed by atoms with van der Waals surface area (Å²) in [4.78, 5) is 12.0. The number of hydrogen-bond acceptors (Lipinski definition) is 2. The number of halogens is 1. The highest BCUT2D eigenvalue weighted by atomic mass is 19.1. The molecule has 0 atom stereocenters. The summed E-state index contributed by atoms with van der Waals surface area (Å²) in [6.07, 6.45) is 2.61. The number of rotatable bonds is 5. The highest BCUT2D eigenvalue weighted by Crippen LogP contribution is 2.20. The molecule has 0 aliphatic carbocycles. The van der Waals surface area contributed by atoms with Gasteiger partial charge in [-0.1, -0.05) is 25.1 Å². The maximum atomic E-state index is 13.2. The van der Waals surface area contributed by atoms with E-state index in [9.17, 15) is 9.18 Å². The Morgan fingerprint density at radius 1 is 1.15 bits per heavy atom. The molecule has 0 spiro atoms. The van der Waals surface area contributed by atoms with E-state index in [-0.39, 0.29) is 5.56 Å². The third-order valence-electron chi connectivity index (χ3n) is 4.53. The molecule has 1 N–H and O–H groups in total. The Bertz CT molecular complexity index is 987. The minimum atomic E-state index is -0.454. The normalized spacial score (nSPS) is 11.1. The van der Waals surface area contributed by atoms with Crippen molar-refractivity contribution in [2.75, 3.05) is 0 Å². The van der Waals surface area contributed by atoms with Crippen LogP contribution < -0.4 is 5.43 Å². The summed E-state index contributed by atoms with van der Waals surface area (Å²) in [5, 5.41) is 4.02. The van der Waals surface area contributed by atoms with Crippen LogP contribution in [-0.2, 0) is 6.42 Å². The topological polar surface area (TPSA) is 46.4 Å². The molecule has 0 unspecified atom stereocenters. The molecule has 0 bridgehead atoms. The third-order valence-corrected chi connectivity index (χ3v) is 4.53.